The van der Waals surface area contributed by atoms with Gasteiger partial charge in [-0.1, -0.05) is 18.2 Å². The van der Waals surface area contributed by atoms with Crippen molar-refractivity contribution >= 4 is 11.6 Å². The number of nitrogens with one attached hydrogen (secondary N) is 2. The number of hydrogen-bond donors (Lipinski definition) is 2. The van der Waals surface area contributed by atoms with Gasteiger partial charge in [0, 0.05) is 57.5 Å². The summed E-state index contributed by atoms with van der Waals surface area (Å²) in [6.07, 6.45) is 1.11. The monoisotopic (exact) mass is 331 g/mol. The number of para-hydroxylation sites is 1. The fourth-order valence-electron chi connectivity index (χ4n) is 2.95. The summed E-state index contributed by atoms with van der Waals surface area (Å²) in [7, 11) is 0. The number of anilines is 1. The van der Waals surface area contributed by atoms with E-state index in [9.17, 15) is 0 Å². The minimum atomic E-state index is 0.411. The summed E-state index contributed by atoms with van der Waals surface area (Å²) < 4.78 is 0. The molecule has 1 saturated heterocycles. The minimum Gasteiger partial charge on any atom is -0.369 e. The van der Waals surface area contributed by atoms with Gasteiger partial charge in [-0.2, -0.15) is 0 Å². The number of aliphatic imine (C=N–C) groups is 1. The predicted molar refractivity (Wildman–Crippen MR) is 104 cm³/mol. The van der Waals surface area contributed by atoms with E-state index in [0.29, 0.717) is 6.04 Å². The van der Waals surface area contributed by atoms with Crippen molar-refractivity contribution in [2.24, 2.45) is 4.99 Å². The van der Waals surface area contributed by atoms with E-state index >= 15 is 0 Å². The fraction of sp³-hybridized carbons (Fsp3) is 0.632. The number of piperazine rings is 1. The van der Waals surface area contributed by atoms with Crippen LogP contribution in [0.2, 0.25) is 0 Å². The van der Waals surface area contributed by atoms with Crippen LogP contribution in [-0.2, 0) is 0 Å². The third-order valence-corrected chi connectivity index (χ3v) is 4.17. The van der Waals surface area contributed by atoms with E-state index in [-0.39, 0.29) is 0 Å². The van der Waals surface area contributed by atoms with Gasteiger partial charge in [0.1, 0.15) is 0 Å². The first kappa shape index (κ1) is 18.6. The van der Waals surface area contributed by atoms with E-state index in [1.807, 2.05) is 0 Å². The highest BCUT2D eigenvalue weighted by Crippen LogP contribution is 2.15. The zero-order valence-electron chi connectivity index (χ0n) is 15.5. The molecular weight excluding hydrogens is 298 g/mol. The molecule has 134 valence electrons. The smallest absolute Gasteiger partial charge is 0.191 e. The SMILES string of the molecule is CCNC(=NCCCN1CCN(c2ccccc2)CC1)NC(C)C. The molecule has 0 unspecified atom stereocenters. The van der Waals surface area contributed by atoms with Gasteiger partial charge in [-0.25, -0.2) is 0 Å². The average molecular weight is 332 g/mol. The topological polar surface area (TPSA) is 42.9 Å². The predicted octanol–water partition coefficient (Wildman–Crippen LogP) is 2.16. The molecule has 0 radical (unpaired) electrons. The lowest BCUT2D eigenvalue weighted by Gasteiger charge is -2.36. The van der Waals surface area contributed by atoms with Gasteiger partial charge in [0.2, 0.25) is 0 Å². The zero-order valence-corrected chi connectivity index (χ0v) is 15.5. The van der Waals surface area contributed by atoms with Gasteiger partial charge in [-0.3, -0.25) is 9.89 Å². The third kappa shape index (κ3) is 6.40. The van der Waals surface area contributed by atoms with Crippen LogP contribution in [0.5, 0.6) is 0 Å². The Kier molecular flexibility index (Phi) is 7.89. The summed E-state index contributed by atoms with van der Waals surface area (Å²) in [5.74, 6) is 0.932. The standard InChI is InChI=1S/C19H33N5/c1-4-20-19(22-17(2)3)21-11-8-12-23-13-15-24(16-14-23)18-9-6-5-7-10-18/h5-7,9-10,17H,4,8,11-16H2,1-3H3,(H2,20,21,22). The Bertz CT molecular complexity index is 478. The van der Waals surface area contributed by atoms with Crippen molar-refractivity contribution < 1.29 is 0 Å². The van der Waals surface area contributed by atoms with Crippen LogP contribution >= 0.6 is 0 Å². The van der Waals surface area contributed by atoms with Crippen molar-refractivity contribution in [3.8, 4) is 0 Å². The number of hydrogen-bond acceptors (Lipinski definition) is 3. The highest BCUT2D eigenvalue weighted by Gasteiger charge is 2.16. The second-order valence-electron chi connectivity index (χ2n) is 6.58. The Morgan fingerprint density at radius 3 is 2.46 bits per heavy atom. The quantitative estimate of drug-likeness (QED) is 0.456. The third-order valence-electron chi connectivity index (χ3n) is 4.17. The van der Waals surface area contributed by atoms with Gasteiger partial charge >= 0.3 is 0 Å². The molecule has 0 saturated carbocycles. The molecule has 24 heavy (non-hydrogen) atoms. The molecule has 2 rings (SSSR count). The first-order valence-electron chi connectivity index (χ1n) is 9.26. The van der Waals surface area contributed by atoms with Crippen LogP contribution in [0.3, 0.4) is 0 Å². The van der Waals surface area contributed by atoms with Crippen molar-refractivity contribution in [2.75, 3.05) is 50.7 Å². The lowest BCUT2D eigenvalue weighted by molar-refractivity contribution is 0.256. The van der Waals surface area contributed by atoms with E-state index in [2.05, 4.69) is 76.5 Å². The lowest BCUT2D eigenvalue weighted by Crippen LogP contribution is -2.46. The summed E-state index contributed by atoms with van der Waals surface area (Å²) in [6, 6.07) is 11.1. The van der Waals surface area contributed by atoms with Crippen molar-refractivity contribution in [1.29, 1.82) is 0 Å². The molecule has 5 nitrogen and oxygen atoms in total. The van der Waals surface area contributed by atoms with Crippen LogP contribution in [-0.4, -0.2) is 62.7 Å². The highest BCUT2D eigenvalue weighted by atomic mass is 15.3. The largest absolute Gasteiger partial charge is 0.369 e. The molecule has 1 aliphatic heterocycles. The summed E-state index contributed by atoms with van der Waals surface area (Å²) in [6.45, 7) is 13.8. The van der Waals surface area contributed by atoms with Gasteiger partial charge in [0.25, 0.3) is 0 Å². The molecule has 2 N–H and O–H groups in total. The fourth-order valence-corrected chi connectivity index (χ4v) is 2.95. The van der Waals surface area contributed by atoms with Crippen molar-refractivity contribution in [3.05, 3.63) is 30.3 Å². The second kappa shape index (κ2) is 10.2. The van der Waals surface area contributed by atoms with Crippen LogP contribution in [0.15, 0.2) is 35.3 Å². The Morgan fingerprint density at radius 1 is 1.12 bits per heavy atom. The van der Waals surface area contributed by atoms with Crippen molar-refractivity contribution in [3.63, 3.8) is 0 Å². The molecule has 0 amide bonds. The van der Waals surface area contributed by atoms with Crippen molar-refractivity contribution in [1.82, 2.24) is 15.5 Å². The minimum absolute atomic E-state index is 0.411. The molecule has 0 bridgehead atoms. The Labute approximate surface area is 147 Å². The molecule has 1 heterocycles. The summed E-state index contributed by atoms with van der Waals surface area (Å²) in [5, 5.41) is 6.66. The van der Waals surface area contributed by atoms with Crippen LogP contribution in [0.25, 0.3) is 0 Å². The van der Waals surface area contributed by atoms with Crippen LogP contribution in [0.1, 0.15) is 27.2 Å². The molecule has 1 aromatic rings. The first-order valence-corrected chi connectivity index (χ1v) is 9.26. The molecule has 1 aliphatic rings. The van der Waals surface area contributed by atoms with E-state index < -0.39 is 0 Å². The lowest BCUT2D eigenvalue weighted by atomic mass is 10.2. The normalized spacial score (nSPS) is 16.5. The van der Waals surface area contributed by atoms with Gasteiger partial charge in [-0.05, 0) is 39.3 Å². The van der Waals surface area contributed by atoms with E-state index in [0.717, 1.165) is 58.2 Å². The van der Waals surface area contributed by atoms with Gasteiger partial charge in [0.15, 0.2) is 5.96 Å². The van der Waals surface area contributed by atoms with Crippen LogP contribution in [0.4, 0.5) is 5.69 Å². The average Bonchev–Trinajstić information content (AvgIpc) is 2.60. The Morgan fingerprint density at radius 2 is 1.83 bits per heavy atom. The molecule has 0 spiro atoms. The Balaban J connectivity index is 1.67. The van der Waals surface area contributed by atoms with Gasteiger partial charge in [-0.15, -0.1) is 0 Å². The molecule has 1 aromatic carbocycles. The number of rotatable bonds is 7. The molecule has 5 heteroatoms. The van der Waals surface area contributed by atoms with E-state index in [1.54, 1.807) is 0 Å². The molecule has 1 fully saturated rings. The van der Waals surface area contributed by atoms with E-state index in [1.165, 1.54) is 5.69 Å². The number of nitrogens with zero attached hydrogens (tertiary/aromatic N) is 3. The summed E-state index contributed by atoms with van der Waals surface area (Å²) >= 11 is 0. The van der Waals surface area contributed by atoms with Crippen molar-refractivity contribution in [2.45, 2.75) is 33.2 Å². The zero-order chi connectivity index (χ0) is 17.2. The highest BCUT2D eigenvalue weighted by molar-refractivity contribution is 5.79. The number of guanidine groups is 1. The summed E-state index contributed by atoms with van der Waals surface area (Å²) in [4.78, 5) is 9.69. The molecule has 0 aliphatic carbocycles. The molecule has 0 aromatic heterocycles. The van der Waals surface area contributed by atoms with Crippen LogP contribution < -0.4 is 15.5 Å². The Hall–Kier alpha value is -1.75. The maximum Gasteiger partial charge on any atom is 0.191 e. The molecule has 0 atom stereocenters. The second-order valence-corrected chi connectivity index (χ2v) is 6.58. The van der Waals surface area contributed by atoms with Gasteiger partial charge in [0.05, 0.1) is 0 Å². The van der Waals surface area contributed by atoms with E-state index in [4.69, 9.17) is 0 Å². The van der Waals surface area contributed by atoms with Crippen LogP contribution in [0, 0.1) is 0 Å². The molecular formula is C19H33N5. The van der Waals surface area contributed by atoms with Gasteiger partial charge < -0.3 is 15.5 Å². The maximum absolute atomic E-state index is 4.66. The maximum atomic E-state index is 4.66. The summed E-state index contributed by atoms with van der Waals surface area (Å²) in [5.41, 5.74) is 1.34. The first-order chi connectivity index (χ1) is 11.7. The number of benzene rings is 1.